The summed E-state index contributed by atoms with van der Waals surface area (Å²) in [6.07, 6.45) is 2.79. The summed E-state index contributed by atoms with van der Waals surface area (Å²) >= 11 is 6.21. The SMILES string of the molecule is C[C@@H](CO)CN1Cc2cc(Cl)ccc2C12CCC1(CC2)NC(=O)NC1=O. The summed E-state index contributed by atoms with van der Waals surface area (Å²) in [6, 6.07) is 5.66. The zero-order chi connectivity index (χ0) is 18.5. The number of carbonyl (C=O) groups excluding carboxylic acids is 2. The highest BCUT2D eigenvalue weighted by atomic mass is 35.5. The van der Waals surface area contributed by atoms with E-state index in [1.807, 2.05) is 19.1 Å². The van der Waals surface area contributed by atoms with Crippen molar-refractivity contribution >= 4 is 23.5 Å². The molecule has 1 aromatic carbocycles. The first-order valence-electron chi connectivity index (χ1n) is 9.17. The highest BCUT2D eigenvalue weighted by Gasteiger charge is 2.55. The molecule has 26 heavy (non-hydrogen) atoms. The van der Waals surface area contributed by atoms with Gasteiger partial charge in [0.1, 0.15) is 5.54 Å². The van der Waals surface area contributed by atoms with E-state index in [9.17, 15) is 14.7 Å². The number of nitrogens with one attached hydrogen (secondary N) is 2. The number of carbonyl (C=O) groups is 2. The second-order valence-corrected chi connectivity index (χ2v) is 8.43. The van der Waals surface area contributed by atoms with E-state index >= 15 is 0 Å². The molecular weight excluding hydrogens is 354 g/mol. The maximum atomic E-state index is 12.3. The van der Waals surface area contributed by atoms with Crippen LogP contribution in [0.3, 0.4) is 0 Å². The van der Waals surface area contributed by atoms with E-state index < -0.39 is 11.6 Å². The number of aliphatic hydroxyl groups is 1. The molecule has 1 saturated carbocycles. The maximum Gasteiger partial charge on any atom is 0.322 e. The molecule has 0 unspecified atom stereocenters. The van der Waals surface area contributed by atoms with Gasteiger partial charge in [0, 0.05) is 30.3 Å². The fraction of sp³-hybridized carbons (Fsp3) is 0.579. The molecule has 2 spiro atoms. The van der Waals surface area contributed by atoms with E-state index in [1.165, 1.54) is 11.1 Å². The van der Waals surface area contributed by atoms with Gasteiger partial charge in [0.2, 0.25) is 0 Å². The van der Waals surface area contributed by atoms with Crippen LogP contribution in [0.15, 0.2) is 18.2 Å². The third kappa shape index (κ3) is 2.63. The van der Waals surface area contributed by atoms with Crippen molar-refractivity contribution in [2.75, 3.05) is 13.2 Å². The lowest BCUT2D eigenvalue weighted by Crippen LogP contribution is -2.55. The van der Waals surface area contributed by atoms with Gasteiger partial charge in [0.05, 0.1) is 0 Å². The van der Waals surface area contributed by atoms with Crippen LogP contribution >= 0.6 is 11.6 Å². The molecule has 2 fully saturated rings. The molecule has 140 valence electrons. The Balaban J connectivity index is 1.66. The quantitative estimate of drug-likeness (QED) is 0.705. The molecule has 7 heteroatoms. The number of rotatable bonds is 3. The minimum absolute atomic E-state index is 0.145. The summed E-state index contributed by atoms with van der Waals surface area (Å²) in [5, 5.41) is 15.5. The van der Waals surface area contributed by atoms with Crippen molar-refractivity contribution in [2.45, 2.75) is 50.2 Å². The van der Waals surface area contributed by atoms with E-state index in [-0.39, 0.29) is 24.0 Å². The van der Waals surface area contributed by atoms with Crippen molar-refractivity contribution in [3.05, 3.63) is 34.3 Å². The van der Waals surface area contributed by atoms with Crippen molar-refractivity contribution in [3.63, 3.8) is 0 Å². The van der Waals surface area contributed by atoms with Gasteiger partial charge in [-0.15, -0.1) is 0 Å². The molecular formula is C19H24ClN3O3. The van der Waals surface area contributed by atoms with E-state index in [2.05, 4.69) is 21.6 Å². The number of benzene rings is 1. The van der Waals surface area contributed by atoms with Gasteiger partial charge in [-0.2, -0.15) is 0 Å². The third-order valence-corrected chi connectivity index (χ3v) is 6.56. The second-order valence-electron chi connectivity index (χ2n) is 7.99. The fourth-order valence-electron chi connectivity index (χ4n) is 4.90. The Labute approximate surface area is 157 Å². The normalized spacial score (nSPS) is 32.0. The van der Waals surface area contributed by atoms with Gasteiger partial charge in [0.25, 0.3) is 5.91 Å². The van der Waals surface area contributed by atoms with E-state index in [0.29, 0.717) is 12.8 Å². The minimum atomic E-state index is -0.772. The number of fused-ring (bicyclic) bond motifs is 2. The van der Waals surface area contributed by atoms with Crippen molar-refractivity contribution in [1.82, 2.24) is 15.5 Å². The molecule has 4 rings (SSSR count). The molecule has 3 amide bonds. The number of imide groups is 1. The number of amides is 3. The van der Waals surface area contributed by atoms with Crippen LogP contribution in [0.1, 0.15) is 43.7 Å². The molecule has 3 N–H and O–H groups in total. The van der Waals surface area contributed by atoms with Gasteiger partial charge in [-0.05, 0) is 54.9 Å². The lowest BCUT2D eigenvalue weighted by molar-refractivity contribution is -0.126. The first-order valence-corrected chi connectivity index (χ1v) is 9.55. The molecule has 0 bridgehead atoms. The predicted octanol–water partition coefficient (Wildman–Crippen LogP) is 2.13. The average molecular weight is 378 g/mol. The maximum absolute atomic E-state index is 12.3. The van der Waals surface area contributed by atoms with Crippen LogP contribution in [0.4, 0.5) is 4.79 Å². The Morgan fingerprint density at radius 1 is 1.27 bits per heavy atom. The highest BCUT2D eigenvalue weighted by molar-refractivity contribution is 6.30. The smallest absolute Gasteiger partial charge is 0.322 e. The molecule has 0 radical (unpaired) electrons. The Bertz CT molecular complexity index is 758. The summed E-state index contributed by atoms with van der Waals surface area (Å²) in [5.74, 6) is -0.0380. The molecule has 1 saturated heterocycles. The summed E-state index contributed by atoms with van der Waals surface area (Å²) < 4.78 is 0. The molecule has 2 heterocycles. The van der Waals surface area contributed by atoms with Crippen LogP contribution in [0.5, 0.6) is 0 Å². The van der Waals surface area contributed by atoms with Crippen LogP contribution in [-0.2, 0) is 16.9 Å². The van der Waals surface area contributed by atoms with Crippen molar-refractivity contribution in [2.24, 2.45) is 5.92 Å². The number of aliphatic hydroxyl groups excluding tert-OH is 1. The van der Waals surface area contributed by atoms with Gasteiger partial charge in [-0.1, -0.05) is 24.6 Å². The van der Waals surface area contributed by atoms with Crippen molar-refractivity contribution < 1.29 is 14.7 Å². The van der Waals surface area contributed by atoms with E-state index in [0.717, 1.165) is 31.0 Å². The van der Waals surface area contributed by atoms with Crippen LogP contribution in [0.25, 0.3) is 0 Å². The minimum Gasteiger partial charge on any atom is -0.396 e. The zero-order valence-corrected chi connectivity index (χ0v) is 15.6. The number of hydrogen-bond donors (Lipinski definition) is 3. The van der Waals surface area contributed by atoms with Gasteiger partial charge >= 0.3 is 6.03 Å². The second kappa shape index (κ2) is 6.22. The topological polar surface area (TPSA) is 81.7 Å². The summed E-state index contributed by atoms with van der Waals surface area (Å²) in [6.45, 7) is 3.77. The van der Waals surface area contributed by atoms with Gasteiger partial charge in [0.15, 0.2) is 0 Å². The van der Waals surface area contributed by atoms with Crippen molar-refractivity contribution in [1.29, 1.82) is 0 Å². The number of urea groups is 1. The third-order valence-electron chi connectivity index (χ3n) is 6.32. The lowest BCUT2D eigenvalue weighted by atomic mass is 9.69. The Hall–Kier alpha value is -1.63. The average Bonchev–Trinajstić information content (AvgIpc) is 3.04. The first kappa shape index (κ1) is 17.8. The van der Waals surface area contributed by atoms with Crippen LogP contribution < -0.4 is 10.6 Å². The molecule has 3 aliphatic rings. The lowest BCUT2D eigenvalue weighted by Gasteiger charge is -2.47. The molecule has 1 aliphatic carbocycles. The van der Waals surface area contributed by atoms with Crippen LogP contribution in [0.2, 0.25) is 5.02 Å². The highest BCUT2D eigenvalue weighted by Crippen LogP contribution is 2.51. The fourth-order valence-corrected chi connectivity index (χ4v) is 5.10. The predicted molar refractivity (Wildman–Crippen MR) is 97.7 cm³/mol. The number of hydrogen-bond acceptors (Lipinski definition) is 4. The number of nitrogens with zero attached hydrogens (tertiary/aromatic N) is 1. The standard InChI is InChI=1S/C19H24ClN3O3/c1-12(11-24)9-23-10-13-8-14(20)2-3-15(13)19(23)6-4-18(5-7-19)16(25)21-17(26)22-18/h2-3,8,12,24H,4-7,9-11H2,1H3,(H2,21,22,25,26)/t12-,18?,19?/m1/s1. The largest absolute Gasteiger partial charge is 0.396 e. The summed E-state index contributed by atoms with van der Waals surface area (Å²) in [4.78, 5) is 26.4. The molecule has 0 aromatic heterocycles. The number of halogens is 1. The Morgan fingerprint density at radius 2 is 2.00 bits per heavy atom. The van der Waals surface area contributed by atoms with Crippen molar-refractivity contribution in [3.8, 4) is 0 Å². The van der Waals surface area contributed by atoms with Gasteiger partial charge in [-0.3, -0.25) is 15.0 Å². The zero-order valence-electron chi connectivity index (χ0n) is 14.8. The molecule has 1 aromatic rings. The Morgan fingerprint density at radius 3 is 2.62 bits per heavy atom. The monoisotopic (exact) mass is 377 g/mol. The van der Waals surface area contributed by atoms with E-state index in [4.69, 9.17) is 11.6 Å². The summed E-state index contributed by atoms with van der Waals surface area (Å²) in [7, 11) is 0. The van der Waals surface area contributed by atoms with Crippen LogP contribution in [-0.4, -0.2) is 40.6 Å². The van der Waals surface area contributed by atoms with Crippen LogP contribution in [0, 0.1) is 5.92 Å². The molecule has 6 nitrogen and oxygen atoms in total. The molecule has 1 atom stereocenters. The van der Waals surface area contributed by atoms with Gasteiger partial charge in [-0.25, -0.2) is 4.79 Å². The summed E-state index contributed by atoms with van der Waals surface area (Å²) in [5.41, 5.74) is 1.55. The van der Waals surface area contributed by atoms with Gasteiger partial charge < -0.3 is 10.4 Å². The molecule has 2 aliphatic heterocycles. The van der Waals surface area contributed by atoms with E-state index in [1.54, 1.807) is 0 Å². The first-order chi connectivity index (χ1) is 12.4. The Kier molecular flexibility index (Phi) is 4.25.